The van der Waals surface area contributed by atoms with E-state index in [1.54, 1.807) is 6.92 Å². The summed E-state index contributed by atoms with van der Waals surface area (Å²) in [4.78, 5) is 41.8. The van der Waals surface area contributed by atoms with Crippen LogP contribution in [0.3, 0.4) is 0 Å². The number of carbonyl (C=O) groups is 3. The average molecular weight is 457 g/mol. The normalized spacial score (nSPS) is 27.2. The highest BCUT2D eigenvalue weighted by atomic mass is 16.5. The molecule has 7 heteroatoms. The van der Waals surface area contributed by atoms with Crippen LogP contribution in [0.1, 0.15) is 51.6 Å². The summed E-state index contributed by atoms with van der Waals surface area (Å²) < 4.78 is 5.36. The number of rotatable bonds is 10. The molecule has 0 aromatic heterocycles. The maximum Gasteiger partial charge on any atom is 0.310 e. The zero-order chi connectivity index (χ0) is 24.0. The number of aliphatic hydroxyl groups excluding tert-OH is 1. The van der Waals surface area contributed by atoms with Gasteiger partial charge in [-0.1, -0.05) is 62.8 Å². The molecule has 7 nitrogen and oxygen atoms in total. The zero-order valence-electron chi connectivity index (χ0n) is 19.8. The summed E-state index contributed by atoms with van der Waals surface area (Å²) in [7, 11) is 0. The van der Waals surface area contributed by atoms with Crippen LogP contribution >= 0.6 is 0 Å². The standard InChI is InChI=1S/C26H36N2O5/c1-4-7-15-27-24(30)23-19-14-13-17(5-2)21(26(32)33-6-3)22(19)25(31)28(23)20(16-29)18-11-9-8-10-12-18/h8-14,17,19-23,29H,4-7,15-16H2,1-3H3,(H,27,30)/t17-,19+,20-,21-,22-,23+/m1/s1. The van der Waals surface area contributed by atoms with Gasteiger partial charge >= 0.3 is 5.97 Å². The summed E-state index contributed by atoms with van der Waals surface area (Å²) in [6, 6.07) is 7.76. The molecule has 1 heterocycles. The molecule has 1 aliphatic carbocycles. The minimum atomic E-state index is -0.803. The van der Waals surface area contributed by atoms with Crippen molar-refractivity contribution in [3.63, 3.8) is 0 Å². The molecule has 1 fully saturated rings. The number of benzene rings is 1. The number of likely N-dealkylation sites (tertiary alicyclic amines) is 1. The monoisotopic (exact) mass is 456 g/mol. The Morgan fingerprint density at radius 2 is 1.88 bits per heavy atom. The van der Waals surface area contributed by atoms with Crippen molar-refractivity contribution in [1.82, 2.24) is 10.2 Å². The summed E-state index contributed by atoms with van der Waals surface area (Å²) in [6.45, 7) is 6.20. The van der Waals surface area contributed by atoms with Crippen LogP contribution in [-0.4, -0.2) is 53.6 Å². The van der Waals surface area contributed by atoms with Crippen LogP contribution in [0.5, 0.6) is 0 Å². The molecule has 0 unspecified atom stereocenters. The van der Waals surface area contributed by atoms with Crippen molar-refractivity contribution in [3.05, 3.63) is 48.0 Å². The Kier molecular flexibility index (Phi) is 8.67. The van der Waals surface area contributed by atoms with Crippen LogP contribution < -0.4 is 5.32 Å². The number of esters is 1. The van der Waals surface area contributed by atoms with Gasteiger partial charge in [-0.05, 0) is 31.2 Å². The molecule has 0 radical (unpaired) electrons. The molecule has 2 N–H and O–H groups in total. The van der Waals surface area contributed by atoms with Crippen LogP contribution in [0.4, 0.5) is 0 Å². The van der Waals surface area contributed by atoms with Gasteiger partial charge in [0.05, 0.1) is 31.1 Å². The molecular weight excluding hydrogens is 420 g/mol. The van der Waals surface area contributed by atoms with E-state index in [9.17, 15) is 19.5 Å². The molecule has 33 heavy (non-hydrogen) atoms. The number of fused-ring (bicyclic) bond motifs is 1. The van der Waals surface area contributed by atoms with E-state index in [1.165, 1.54) is 4.90 Å². The van der Waals surface area contributed by atoms with E-state index in [4.69, 9.17) is 4.74 Å². The number of nitrogens with zero attached hydrogens (tertiary/aromatic N) is 1. The Bertz CT molecular complexity index is 855. The van der Waals surface area contributed by atoms with Crippen molar-refractivity contribution in [2.24, 2.45) is 23.7 Å². The Morgan fingerprint density at radius 3 is 2.48 bits per heavy atom. The smallest absolute Gasteiger partial charge is 0.310 e. The second kappa shape index (κ2) is 11.5. The molecule has 180 valence electrons. The largest absolute Gasteiger partial charge is 0.466 e. The predicted molar refractivity (Wildman–Crippen MR) is 125 cm³/mol. The highest BCUT2D eigenvalue weighted by molar-refractivity contribution is 5.96. The van der Waals surface area contributed by atoms with Gasteiger partial charge in [0.15, 0.2) is 0 Å². The summed E-state index contributed by atoms with van der Waals surface area (Å²) in [5.74, 6) is -2.87. The Balaban J connectivity index is 2.05. The molecule has 1 aromatic rings. The lowest BCUT2D eigenvalue weighted by molar-refractivity contribution is -0.156. The van der Waals surface area contributed by atoms with Crippen molar-refractivity contribution in [1.29, 1.82) is 0 Å². The van der Waals surface area contributed by atoms with Gasteiger partial charge in [-0.2, -0.15) is 0 Å². The lowest BCUT2D eigenvalue weighted by Crippen LogP contribution is -2.49. The molecule has 6 atom stereocenters. The van der Waals surface area contributed by atoms with Crippen LogP contribution in [0.2, 0.25) is 0 Å². The lowest BCUT2D eigenvalue weighted by Gasteiger charge is -2.34. The molecular formula is C26H36N2O5. The number of aliphatic hydroxyl groups is 1. The van der Waals surface area contributed by atoms with Gasteiger partial charge in [-0.3, -0.25) is 14.4 Å². The number of carbonyl (C=O) groups excluding carboxylic acids is 3. The molecule has 1 aliphatic heterocycles. The van der Waals surface area contributed by atoms with E-state index in [0.29, 0.717) is 13.0 Å². The van der Waals surface area contributed by atoms with Crippen molar-refractivity contribution >= 4 is 17.8 Å². The van der Waals surface area contributed by atoms with Crippen molar-refractivity contribution in [2.75, 3.05) is 19.8 Å². The third-order valence-electron chi connectivity index (χ3n) is 6.87. The molecule has 0 saturated carbocycles. The molecule has 0 spiro atoms. The van der Waals surface area contributed by atoms with E-state index in [-0.39, 0.29) is 30.9 Å². The lowest BCUT2D eigenvalue weighted by atomic mass is 9.69. The summed E-state index contributed by atoms with van der Waals surface area (Å²) in [6.07, 6.45) is 6.35. The SMILES string of the molecule is CCCCNC(=O)[C@@H]1[C@H]2C=C[C@@H](CC)[C@@H](C(=O)OCC)[C@@H]2C(=O)N1[C@H](CO)c1ccccc1. The first-order valence-corrected chi connectivity index (χ1v) is 12.1. The molecule has 3 rings (SSSR count). The van der Waals surface area contributed by atoms with Gasteiger partial charge in [0.25, 0.3) is 0 Å². The Morgan fingerprint density at radius 1 is 1.15 bits per heavy atom. The molecule has 1 saturated heterocycles. The first kappa shape index (κ1) is 25.0. The van der Waals surface area contributed by atoms with Crippen LogP contribution in [0.25, 0.3) is 0 Å². The summed E-state index contributed by atoms with van der Waals surface area (Å²) in [5.41, 5.74) is 0.752. The zero-order valence-corrected chi connectivity index (χ0v) is 19.8. The predicted octanol–water partition coefficient (Wildman–Crippen LogP) is 2.85. The van der Waals surface area contributed by atoms with Crippen LogP contribution in [-0.2, 0) is 19.1 Å². The number of nitrogens with one attached hydrogen (secondary N) is 1. The Labute approximate surface area is 196 Å². The van der Waals surface area contributed by atoms with E-state index >= 15 is 0 Å². The minimum Gasteiger partial charge on any atom is -0.466 e. The van der Waals surface area contributed by atoms with Crippen molar-refractivity contribution < 1.29 is 24.2 Å². The molecule has 2 aliphatic rings. The first-order valence-electron chi connectivity index (χ1n) is 12.1. The van der Waals surface area contributed by atoms with E-state index in [1.807, 2.05) is 56.3 Å². The maximum atomic E-state index is 13.9. The number of hydrogen-bond acceptors (Lipinski definition) is 5. The van der Waals surface area contributed by atoms with Gasteiger partial charge in [0, 0.05) is 12.5 Å². The van der Waals surface area contributed by atoms with Crippen LogP contribution in [0, 0.1) is 23.7 Å². The second-order valence-corrected chi connectivity index (χ2v) is 8.78. The van der Waals surface area contributed by atoms with Gasteiger partial charge in [0.2, 0.25) is 11.8 Å². The number of allylic oxidation sites excluding steroid dienone is 1. The number of ether oxygens (including phenoxy) is 1. The second-order valence-electron chi connectivity index (χ2n) is 8.78. The summed E-state index contributed by atoms with van der Waals surface area (Å²) in [5, 5.41) is 13.3. The molecule has 0 bridgehead atoms. The quantitative estimate of drug-likeness (QED) is 0.321. The fraction of sp³-hybridized carbons (Fsp3) is 0.577. The highest BCUT2D eigenvalue weighted by Gasteiger charge is 2.58. The Hall–Kier alpha value is -2.67. The maximum absolute atomic E-state index is 13.9. The number of hydrogen-bond donors (Lipinski definition) is 2. The fourth-order valence-electron chi connectivity index (χ4n) is 5.25. The molecule has 1 aromatic carbocycles. The van der Waals surface area contributed by atoms with Gasteiger partial charge in [0.1, 0.15) is 6.04 Å². The van der Waals surface area contributed by atoms with Crippen molar-refractivity contribution in [2.45, 2.75) is 52.1 Å². The fourth-order valence-corrected chi connectivity index (χ4v) is 5.25. The molecule has 2 amide bonds. The van der Waals surface area contributed by atoms with Crippen molar-refractivity contribution in [3.8, 4) is 0 Å². The highest BCUT2D eigenvalue weighted by Crippen LogP contribution is 2.47. The topological polar surface area (TPSA) is 95.9 Å². The van der Waals surface area contributed by atoms with Gasteiger partial charge in [-0.15, -0.1) is 0 Å². The van der Waals surface area contributed by atoms with Gasteiger partial charge < -0.3 is 20.1 Å². The van der Waals surface area contributed by atoms with Gasteiger partial charge in [-0.25, -0.2) is 0 Å². The summed E-state index contributed by atoms with van der Waals surface area (Å²) >= 11 is 0. The van der Waals surface area contributed by atoms with E-state index in [0.717, 1.165) is 18.4 Å². The average Bonchev–Trinajstić information content (AvgIpc) is 3.12. The number of amides is 2. The minimum absolute atomic E-state index is 0.137. The van der Waals surface area contributed by atoms with E-state index in [2.05, 4.69) is 5.32 Å². The first-order chi connectivity index (χ1) is 16.0. The number of unbranched alkanes of at least 4 members (excludes halogenated alkanes) is 1. The third kappa shape index (κ3) is 4.98. The van der Waals surface area contributed by atoms with Crippen LogP contribution in [0.15, 0.2) is 42.5 Å². The third-order valence-corrected chi connectivity index (χ3v) is 6.87. The van der Waals surface area contributed by atoms with E-state index < -0.39 is 35.8 Å².